The molecule has 29 heavy (non-hydrogen) atoms. The Morgan fingerprint density at radius 3 is 2.34 bits per heavy atom. The molecule has 3 aromatic carbocycles. The van der Waals surface area contributed by atoms with Gasteiger partial charge < -0.3 is 14.8 Å². The molecule has 0 saturated heterocycles. The van der Waals surface area contributed by atoms with Crippen molar-refractivity contribution >= 4 is 12.4 Å². The summed E-state index contributed by atoms with van der Waals surface area (Å²) in [6.07, 6.45) is 0.654. The van der Waals surface area contributed by atoms with Gasteiger partial charge >= 0.3 is 0 Å². The van der Waals surface area contributed by atoms with Gasteiger partial charge in [-0.1, -0.05) is 48.5 Å². The summed E-state index contributed by atoms with van der Waals surface area (Å²) in [4.78, 5) is 0. The monoisotopic (exact) mass is 415 g/mol. The van der Waals surface area contributed by atoms with Gasteiger partial charge in [0.25, 0.3) is 0 Å². The highest BCUT2D eigenvalue weighted by molar-refractivity contribution is 5.85. The number of methoxy groups -OCH3 is 1. The Kier molecular flexibility index (Phi) is 8.97. The van der Waals surface area contributed by atoms with Crippen LogP contribution >= 0.6 is 12.4 Å². The zero-order chi connectivity index (χ0) is 19.8. The first-order valence-electron chi connectivity index (χ1n) is 9.45. The molecule has 0 bridgehead atoms. The first kappa shape index (κ1) is 22.7. The zero-order valence-corrected chi connectivity index (χ0v) is 17.6. The van der Waals surface area contributed by atoms with E-state index in [1.54, 1.807) is 13.2 Å². The summed E-state index contributed by atoms with van der Waals surface area (Å²) in [5, 5.41) is 3.35. The van der Waals surface area contributed by atoms with E-state index in [0.29, 0.717) is 31.9 Å². The van der Waals surface area contributed by atoms with Crippen molar-refractivity contribution in [2.75, 3.05) is 13.7 Å². The van der Waals surface area contributed by atoms with E-state index >= 15 is 0 Å². The summed E-state index contributed by atoms with van der Waals surface area (Å²) >= 11 is 0. The van der Waals surface area contributed by atoms with Crippen molar-refractivity contribution in [3.05, 3.63) is 94.8 Å². The van der Waals surface area contributed by atoms with Crippen molar-refractivity contribution in [1.29, 1.82) is 0 Å². The number of nitrogens with one attached hydrogen (secondary N) is 1. The summed E-state index contributed by atoms with van der Waals surface area (Å²) in [5.41, 5.74) is 4.18. The second-order valence-electron chi connectivity index (χ2n) is 6.72. The van der Waals surface area contributed by atoms with Gasteiger partial charge in [0.15, 0.2) is 11.5 Å². The fraction of sp³-hybridized carbons (Fsp3) is 0.250. The van der Waals surface area contributed by atoms with Crippen LogP contribution in [-0.4, -0.2) is 13.7 Å². The van der Waals surface area contributed by atoms with Gasteiger partial charge in [0.2, 0.25) is 0 Å². The number of hydrogen-bond acceptors (Lipinski definition) is 3. The quantitative estimate of drug-likeness (QED) is 0.469. The average Bonchev–Trinajstić information content (AvgIpc) is 2.72. The molecule has 3 rings (SSSR count). The van der Waals surface area contributed by atoms with Crippen LogP contribution in [0.25, 0.3) is 0 Å². The van der Waals surface area contributed by atoms with Gasteiger partial charge in [0.1, 0.15) is 12.4 Å². The van der Waals surface area contributed by atoms with E-state index in [1.165, 1.54) is 11.6 Å². The average molecular weight is 416 g/mol. The third kappa shape index (κ3) is 6.48. The highest BCUT2D eigenvalue weighted by Crippen LogP contribution is 2.29. The molecule has 0 unspecified atom stereocenters. The standard InChI is InChI=1S/C24H26FNO2.ClH/c1-18-7-3-4-9-21(18)17-28-23-12-11-19(15-24(23)27-2)16-26-14-13-20-8-5-6-10-22(20)25;/h3-12,15,26H,13-14,16-17H2,1-2H3;1H. The Labute approximate surface area is 178 Å². The van der Waals surface area contributed by atoms with Crippen LogP contribution in [0.1, 0.15) is 22.3 Å². The number of benzene rings is 3. The van der Waals surface area contributed by atoms with Crippen molar-refractivity contribution < 1.29 is 13.9 Å². The molecule has 1 N–H and O–H groups in total. The minimum absolute atomic E-state index is 0. The molecule has 0 aromatic heterocycles. The van der Waals surface area contributed by atoms with Crippen LogP contribution in [0.5, 0.6) is 11.5 Å². The van der Waals surface area contributed by atoms with Gasteiger partial charge in [0, 0.05) is 6.54 Å². The van der Waals surface area contributed by atoms with Crippen LogP contribution in [-0.2, 0) is 19.6 Å². The van der Waals surface area contributed by atoms with Crippen LogP contribution in [0.2, 0.25) is 0 Å². The Morgan fingerprint density at radius 1 is 0.897 bits per heavy atom. The molecule has 0 atom stereocenters. The lowest BCUT2D eigenvalue weighted by Crippen LogP contribution is -2.17. The summed E-state index contributed by atoms with van der Waals surface area (Å²) < 4.78 is 25.1. The predicted octanol–water partition coefficient (Wildman–Crippen LogP) is 5.48. The van der Waals surface area contributed by atoms with Gasteiger partial charge in [-0.3, -0.25) is 0 Å². The van der Waals surface area contributed by atoms with Crippen LogP contribution in [0, 0.1) is 12.7 Å². The van der Waals surface area contributed by atoms with E-state index in [9.17, 15) is 4.39 Å². The summed E-state index contributed by atoms with van der Waals surface area (Å²) in [5.74, 6) is 1.28. The van der Waals surface area contributed by atoms with Crippen molar-refractivity contribution in [2.24, 2.45) is 0 Å². The molecule has 0 amide bonds. The topological polar surface area (TPSA) is 30.5 Å². The minimum Gasteiger partial charge on any atom is -0.493 e. The SMILES string of the molecule is COc1cc(CNCCc2ccccc2F)ccc1OCc1ccccc1C.Cl. The third-order valence-corrected chi connectivity index (χ3v) is 4.73. The molecule has 3 nitrogen and oxygen atoms in total. The maximum absolute atomic E-state index is 13.6. The van der Waals surface area contributed by atoms with E-state index in [4.69, 9.17) is 9.47 Å². The van der Waals surface area contributed by atoms with Gasteiger partial charge in [-0.15, -0.1) is 12.4 Å². The first-order chi connectivity index (χ1) is 13.7. The van der Waals surface area contributed by atoms with Crippen molar-refractivity contribution in [3.8, 4) is 11.5 Å². The number of ether oxygens (including phenoxy) is 2. The molecule has 0 saturated carbocycles. The maximum Gasteiger partial charge on any atom is 0.161 e. The molecule has 0 heterocycles. The molecule has 5 heteroatoms. The van der Waals surface area contributed by atoms with E-state index in [-0.39, 0.29) is 18.2 Å². The Bertz CT molecular complexity index is 917. The lowest BCUT2D eigenvalue weighted by Gasteiger charge is -2.14. The third-order valence-electron chi connectivity index (χ3n) is 4.73. The molecular weight excluding hydrogens is 389 g/mol. The van der Waals surface area contributed by atoms with Gasteiger partial charge in [-0.05, 0) is 60.3 Å². The lowest BCUT2D eigenvalue weighted by molar-refractivity contribution is 0.283. The predicted molar refractivity (Wildman–Crippen MR) is 118 cm³/mol. The highest BCUT2D eigenvalue weighted by atomic mass is 35.5. The van der Waals surface area contributed by atoms with Crippen LogP contribution in [0.15, 0.2) is 66.7 Å². The first-order valence-corrected chi connectivity index (χ1v) is 9.45. The molecule has 3 aromatic rings. The Morgan fingerprint density at radius 2 is 1.62 bits per heavy atom. The molecule has 0 aliphatic heterocycles. The van der Waals surface area contributed by atoms with Crippen molar-refractivity contribution in [3.63, 3.8) is 0 Å². The van der Waals surface area contributed by atoms with Gasteiger partial charge in [0.05, 0.1) is 7.11 Å². The molecular formula is C24H27ClFNO2. The zero-order valence-electron chi connectivity index (χ0n) is 16.8. The molecule has 0 radical (unpaired) electrons. The molecule has 0 aliphatic carbocycles. The lowest BCUT2D eigenvalue weighted by atomic mass is 10.1. The van der Waals surface area contributed by atoms with Crippen LogP contribution in [0.3, 0.4) is 0 Å². The Hall–Kier alpha value is -2.56. The van der Waals surface area contributed by atoms with Crippen molar-refractivity contribution in [1.82, 2.24) is 5.32 Å². The van der Waals surface area contributed by atoms with Crippen molar-refractivity contribution in [2.45, 2.75) is 26.5 Å². The molecule has 0 aliphatic rings. The minimum atomic E-state index is -0.152. The second kappa shape index (κ2) is 11.4. The second-order valence-corrected chi connectivity index (χ2v) is 6.72. The number of halogens is 2. The van der Waals surface area contributed by atoms with Crippen LogP contribution < -0.4 is 14.8 Å². The number of aryl methyl sites for hydroxylation is 1. The fourth-order valence-electron chi connectivity index (χ4n) is 3.03. The van der Waals surface area contributed by atoms with E-state index in [2.05, 4.69) is 24.4 Å². The summed E-state index contributed by atoms with van der Waals surface area (Å²) in [6.45, 7) is 3.97. The number of rotatable bonds is 9. The molecule has 154 valence electrons. The van der Waals surface area contributed by atoms with Gasteiger partial charge in [-0.25, -0.2) is 4.39 Å². The highest BCUT2D eigenvalue weighted by Gasteiger charge is 2.07. The van der Waals surface area contributed by atoms with E-state index < -0.39 is 0 Å². The van der Waals surface area contributed by atoms with Crippen LogP contribution in [0.4, 0.5) is 4.39 Å². The van der Waals surface area contributed by atoms with Gasteiger partial charge in [-0.2, -0.15) is 0 Å². The Balaban J connectivity index is 0.00000300. The smallest absolute Gasteiger partial charge is 0.161 e. The summed E-state index contributed by atoms with van der Waals surface area (Å²) in [7, 11) is 1.64. The van der Waals surface area contributed by atoms with E-state index in [0.717, 1.165) is 22.4 Å². The molecule has 0 fully saturated rings. The number of hydrogen-bond donors (Lipinski definition) is 1. The maximum atomic E-state index is 13.6. The largest absolute Gasteiger partial charge is 0.493 e. The molecule has 0 spiro atoms. The van der Waals surface area contributed by atoms with E-state index in [1.807, 2.05) is 42.5 Å². The fourth-order valence-corrected chi connectivity index (χ4v) is 3.03. The summed E-state index contributed by atoms with van der Waals surface area (Å²) in [6, 6.07) is 21.0. The normalized spacial score (nSPS) is 10.3.